The van der Waals surface area contributed by atoms with Crippen LogP contribution in [-0.2, 0) is 25.5 Å². The molecule has 1 aromatic rings. The lowest BCUT2D eigenvalue weighted by atomic mass is 10.0. The molecule has 0 aliphatic rings. The van der Waals surface area contributed by atoms with Crippen LogP contribution in [0.15, 0.2) is 18.2 Å². The Balaban J connectivity index is 2.94. The van der Waals surface area contributed by atoms with Crippen molar-refractivity contribution in [1.82, 2.24) is 5.32 Å². The number of carbonyl (C=O) groups excluding carboxylic acids is 3. The third kappa shape index (κ3) is 8.04. The summed E-state index contributed by atoms with van der Waals surface area (Å²) in [5.74, 6) is -3.03. The number of hydrogen-bond acceptors (Lipinski definition) is 5. The van der Waals surface area contributed by atoms with Gasteiger partial charge in [-0.05, 0) is 45.4 Å². The van der Waals surface area contributed by atoms with Crippen LogP contribution in [0.2, 0.25) is 0 Å². The minimum atomic E-state index is -1.20. The van der Waals surface area contributed by atoms with Crippen molar-refractivity contribution in [2.75, 3.05) is 6.61 Å². The molecule has 1 unspecified atom stereocenters. The molecule has 0 spiro atoms. The number of nitrogens with one attached hydrogen (secondary N) is 1. The molecular weight excluding hydrogens is 348 g/mol. The van der Waals surface area contributed by atoms with Crippen molar-refractivity contribution in [2.24, 2.45) is 0 Å². The fourth-order valence-corrected chi connectivity index (χ4v) is 2.14. The molecule has 8 heteroatoms. The molecule has 1 rings (SSSR count). The molecule has 0 aliphatic heterocycles. The fraction of sp³-hybridized carbons (Fsp3) is 0.500. The molecule has 26 heavy (non-hydrogen) atoms. The number of carbonyl (C=O) groups is 3. The molecule has 144 valence electrons. The normalized spacial score (nSPS) is 12.2. The second-order valence-corrected chi connectivity index (χ2v) is 6.63. The molecule has 1 aromatic carbocycles. The summed E-state index contributed by atoms with van der Waals surface area (Å²) in [4.78, 5) is 35.8. The first-order valence-electron chi connectivity index (χ1n) is 8.13. The van der Waals surface area contributed by atoms with Gasteiger partial charge in [-0.15, -0.1) is 0 Å². The maximum Gasteiger partial charge on any atom is 0.408 e. The first-order valence-corrected chi connectivity index (χ1v) is 8.13. The van der Waals surface area contributed by atoms with Crippen molar-refractivity contribution in [2.45, 2.75) is 52.2 Å². The summed E-state index contributed by atoms with van der Waals surface area (Å²) in [5.41, 5.74) is -0.648. The molecule has 1 atom stereocenters. The average molecular weight is 371 g/mol. The highest BCUT2D eigenvalue weighted by molar-refractivity contribution is 5.99. The number of esters is 1. The Hall–Kier alpha value is -2.51. The molecule has 1 amide bonds. The quantitative estimate of drug-likeness (QED) is 0.589. The smallest absolute Gasteiger partial charge is 0.408 e. The van der Waals surface area contributed by atoms with Gasteiger partial charge in [0.15, 0.2) is 5.78 Å². The van der Waals surface area contributed by atoms with E-state index in [0.29, 0.717) is 6.07 Å². The van der Waals surface area contributed by atoms with Crippen LogP contribution >= 0.6 is 0 Å². The van der Waals surface area contributed by atoms with Gasteiger partial charge in [-0.3, -0.25) is 9.59 Å². The van der Waals surface area contributed by atoms with Crippen LogP contribution in [0.4, 0.5) is 13.6 Å². The van der Waals surface area contributed by atoms with Crippen molar-refractivity contribution in [1.29, 1.82) is 0 Å². The van der Waals surface area contributed by atoms with E-state index in [9.17, 15) is 23.2 Å². The summed E-state index contributed by atoms with van der Waals surface area (Å²) in [5, 5.41) is 2.34. The van der Waals surface area contributed by atoms with Crippen LogP contribution < -0.4 is 5.32 Å². The van der Waals surface area contributed by atoms with Crippen molar-refractivity contribution in [3.8, 4) is 0 Å². The topological polar surface area (TPSA) is 81.7 Å². The molecular formula is C18H23F2NO5. The zero-order chi connectivity index (χ0) is 19.9. The number of ketones is 1. The largest absolute Gasteiger partial charge is 0.466 e. The molecule has 0 saturated carbocycles. The highest BCUT2D eigenvalue weighted by atomic mass is 19.1. The summed E-state index contributed by atoms with van der Waals surface area (Å²) in [6, 6.07) is 1.59. The zero-order valence-corrected chi connectivity index (χ0v) is 15.2. The lowest BCUT2D eigenvalue weighted by molar-refractivity contribution is -0.146. The average Bonchev–Trinajstić information content (AvgIpc) is 2.43. The van der Waals surface area contributed by atoms with Gasteiger partial charge in [0, 0.05) is 12.5 Å². The zero-order valence-electron chi connectivity index (χ0n) is 15.2. The van der Waals surface area contributed by atoms with E-state index < -0.39 is 47.5 Å². The van der Waals surface area contributed by atoms with E-state index >= 15 is 0 Å². The SMILES string of the molecule is CCOC(=O)CC(=O)C(Cc1cc(F)cc(F)c1)NC(=O)OC(C)(C)C. The van der Waals surface area contributed by atoms with Crippen LogP contribution in [0.1, 0.15) is 39.7 Å². The number of hydrogen-bond donors (Lipinski definition) is 1. The van der Waals surface area contributed by atoms with Crippen LogP contribution in [0.25, 0.3) is 0 Å². The molecule has 1 N–H and O–H groups in total. The Labute approximate surface area is 150 Å². The Morgan fingerprint density at radius 2 is 1.69 bits per heavy atom. The van der Waals surface area contributed by atoms with Gasteiger partial charge in [-0.2, -0.15) is 0 Å². The second kappa shape index (κ2) is 9.26. The van der Waals surface area contributed by atoms with Crippen molar-refractivity contribution >= 4 is 17.8 Å². The number of benzene rings is 1. The van der Waals surface area contributed by atoms with Gasteiger partial charge in [0.2, 0.25) is 0 Å². The van der Waals surface area contributed by atoms with Gasteiger partial charge in [0.1, 0.15) is 23.7 Å². The lowest BCUT2D eigenvalue weighted by Gasteiger charge is -2.23. The Morgan fingerprint density at radius 1 is 1.12 bits per heavy atom. The molecule has 0 aliphatic carbocycles. The van der Waals surface area contributed by atoms with Crippen molar-refractivity contribution in [3.63, 3.8) is 0 Å². The standard InChI is InChI=1S/C18H23F2NO5/c1-5-25-16(23)10-15(22)14(21-17(24)26-18(2,3)4)8-11-6-12(19)9-13(20)7-11/h6-7,9,14H,5,8,10H2,1-4H3,(H,21,24). The van der Waals surface area contributed by atoms with E-state index in [1.54, 1.807) is 27.7 Å². The van der Waals surface area contributed by atoms with E-state index in [2.05, 4.69) is 5.32 Å². The van der Waals surface area contributed by atoms with Gasteiger partial charge in [0.25, 0.3) is 0 Å². The Kier molecular flexibility index (Phi) is 7.67. The van der Waals surface area contributed by atoms with Gasteiger partial charge >= 0.3 is 12.1 Å². The van der Waals surface area contributed by atoms with Gasteiger partial charge in [-0.1, -0.05) is 0 Å². The Morgan fingerprint density at radius 3 is 2.19 bits per heavy atom. The van der Waals surface area contributed by atoms with Crippen LogP contribution in [-0.4, -0.2) is 36.1 Å². The molecule has 0 bridgehead atoms. The van der Waals surface area contributed by atoms with Crippen molar-refractivity contribution in [3.05, 3.63) is 35.4 Å². The Bertz CT molecular complexity index is 650. The number of Topliss-reactive ketones (excluding diaryl/α,β-unsaturated/α-hetero) is 1. The third-order valence-electron chi connectivity index (χ3n) is 3.07. The summed E-state index contributed by atoms with van der Waals surface area (Å²) < 4.78 is 36.5. The molecule has 0 saturated heterocycles. The van der Waals surface area contributed by atoms with Crippen LogP contribution in [0.5, 0.6) is 0 Å². The highest BCUT2D eigenvalue weighted by Gasteiger charge is 2.26. The van der Waals surface area contributed by atoms with Crippen molar-refractivity contribution < 1.29 is 32.6 Å². The van der Waals surface area contributed by atoms with Crippen LogP contribution in [0.3, 0.4) is 0 Å². The van der Waals surface area contributed by atoms with E-state index in [0.717, 1.165) is 12.1 Å². The highest BCUT2D eigenvalue weighted by Crippen LogP contribution is 2.13. The predicted octanol–water partition coefficient (Wildman–Crippen LogP) is 2.92. The number of amides is 1. The van der Waals surface area contributed by atoms with Crippen LogP contribution in [0, 0.1) is 11.6 Å². The fourth-order valence-electron chi connectivity index (χ4n) is 2.14. The third-order valence-corrected chi connectivity index (χ3v) is 3.07. The van der Waals surface area contributed by atoms with Gasteiger partial charge in [0.05, 0.1) is 12.6 Å². The lowest BCUT2D eigenvalue weighted by Crippen LogP contribution is -2.45. The van der Waals surface area contributed by atoms with E-state index in [4.69, 9.17) is 9.47 Å². The summed E-state index contributed by atoms with van der Waals surface area (Å²) >= 11 is 0. The molecule has 0 fully saturated rings. The number of rotatable bonds is 7. The molecule has 0 heterocycles. The number of alkyl carbamates (subject to hydrolysis) is 1. The number of halogens is 2. The van der Waals surface area contributed by atoms with Gasteiger partial charge < -0.3 is 14.8 Å². The number of ether oxygens (including phenoxy) is 2. The summed E-state index contributed by atoms with van der Waals surface area (Å²) in [6.07, 6.45) is -1.66. The maximum atomic E-state index is 13.4. The van der Waals surface area contributed by atoms with Gasteiger partial charge in [-0.25, -0.2) is 13.6 Å². The van der Waals surface area contributed by atoms with E-state index in [1.165, 1.54) is 0 Å². The maximum absolute atomic E-state index is 13.4. The second-order valence-electron chi connectivity index (χ2n) is 6.63. The van der Waals surface area contributed by atoms with E-state index in [1.807, 2.05) is 0 Å². The molecule has 0 radical (unpaired) electrons. The first kappa shape index (κ1) is 21.5. The molecule has 0 aromatic heterocycles. The summed E-state index contributed by atoms with van der Waals surface area (Å²) in [7, 11) is 0. The monoisotopic (exact) mass is 371 g/mol. The van der Waals surface area contributed by atoms with E-state index in [-0.39, 0.29) is 18.6 Å². The first-order chi connectivity index (χ1) is 12.0. The summed E-state index contributed by atoms with van der Waals surface area (Å²) in [6.45, 7) is 6.62. The molecule has 6 nitrogen and oxygen atoms in total. The minimum absolute atomic E-state index is 0.103. The predicted molar refractivity (Wildman–Crippen MR) is 89.5 cm³/mol. The minimum Gasteiger partial charge on any atom is -0.466 e.